The van der Waals surface area contributed by atoms with Crippen LogP contribution in [0.3, 0.4) is 0 Å². The van der Waals surface area contributed by atoms with Crippen molar-refractivity contribution in [3.05, 3.63) is 52.9 Å². The van der Waals surface area contributed by atoms with Crippen molar-refractivity contribution in [3.63, 3.8) is 0 Å². The molecule has 1 N–H and O–H groups in total. The highest BCUT2D eigenvalue weighted by Gasteiger charge is 2.29. The van der Waals surface area contributed by atoms with Gasteiger partial charge in [-0.15, -0.1) is 0 Å². The van der Waals surface area contributed by atoms with E-state index in [2.05, 4.69) is 10.5 Å². The molecule has 1 heterocycles. The quantitative estimate of drug-likeness (QED) is 0.890. The third-order valence-corrected chi connectivity index (χ3v) is 4.01. The number of nitrogens with zero attached hydrogens (tertiary/aromatic N) is 1. The Morgan fingerprint density at radius 3 is 2.91 bits per heavy atom. The number of rotatable bonds is 6. The molecule has 0 saturated heterocycles. The van der Waals surface area contributed by atoms with E-state index < -0.39 is 0 Å². The molecule has 1 aromatic heterocycles. The smallest absolute Gasteiger partial charge is 0.273 e. The number of methoxy groups -OCH3 is 1. The number of ether oxygens (including phenoxy) is 1. The lowest BCUT2D eigenvalue weighted by Gasteiger charge is -2.18. The minimum absolute atomic E-state index is 0.181. The summed E-state index contributed by atoms with van der Waals surface area (Å²) in [7, 11) is 1.64. The van der Waals surface area contributed by atoms with Gasteiger partial charge in [-0.3, -0.25) is 4.79 Å². The number of nitrogens with one attached hydrogen (secondary N) is 1. The summed E-state index contributed by atoms with van der Waals surface area (Å²) in [5.41, 5.74) is 2.55. The van der Waals surface area contributed by atoms with Crippen LogP contribution >= 0.6 is 0 Å². The zero-order valence-corrected chi connectivity index (χ0v) is 12.8. The average Bonchev–Trinajstić information content (AvgIpc) is 3.26. The number of carbonyl (C=O) groups excluding carboxylic acids is 1. The molecule has 0 radical (unpaired) electrons. The van der Waals surface area contributed by atoms with Crippen LogP contribution in [0.4, 0.5) is 0 Å². The Labute approximate surface area is 129 Å². The second kappa shape index (κ2) is 6.32. The minimum atomic E-state index is -0.230. The third-order valence-electron chi connectivity index (χ3n) is 4.01. The van der Waals surface area contributed by atoms with Crippen LogP contribution in [0.2, 0.25) is 0 Å². The number of benzene rings is 1. The first-order valence-corrected chi connectivity index (χ1v) is 7.52. The standard InChI is InChI=1S/C17H20N2O3/c1-11-5-3-4-6-13(11)16(21-2)10-18-17(20)14-9-15(22-19-14)12-7-8-12/h3-6,9,12,16H,7-8,10H2,1-2H3,(H,18,20)/t16-/m1/s1. The second-order valence-electron chi connectivity index (χ2n) is 5.68. The van der Waals surface area contributed by atoms with Crippen LogP contribution in [0.5, 0.6) is 0 Å². The predicted molar refractivity (Wildman–Crippen MR) is 81.7 cm³/mol. The van der Waals surface area contributed by atoms with Gasteiger partial charge in [-0.2, -0.15) is 0 Å². The van der Waals surface area contributed by atoms with Gasteiger partial charge in [0.05, 0.1) is 6.10 Å². The highest BCUT2D eigenvalue weighted by atomic mass is 16.5. The molecule has 1 atom stereocenters. The fourth-order valence-electron chi connectivity index (χ4n) is 2.50. The van der Waals surface area contributed by atoms with Crippen molar-refractivity contribution >= 4 is 5.91 Å². The van der Waals surface area contributed by atoms with Gasteiger partial charge in [-0.1, -0.05) is 29.4 Å². The SMILES string of the molecule is CO[C@H](CNC(=O)c1cc(C2CC2)on1)c1ccccc1C. The summed E-state index contributed by atoms with van der Waals surface area (Å²) in [6.07, 6.45) is 2.06. The number of hydrogen-bond donors (Lipinski definition) is 1. The Kier molecular flexibility index (Phi) is 4.24. The van der Waals surface area contributed by atoms with E-state index in [1.54, 1.807) is 13.2 Å². The van der Waals surface area contributed by atoms with E-state index >= 15 is 0 Å². The maximum Gasteiger partial charge on any atom is 0.273 e. The average molecular weight is 300 g/mol. The molecule has 1 aliphatic rings. The van der Waals surface area contributed by atoms with Gasteiger partial charge >= 0.3 is 0 Å². The molecule has 1 aromatic carbocycles. The van der Waals surface area contributed by atoms with E-state index in [9.17, 15) is 4.79 Å². The van der Waals surface area contributed by atoms with Crippen LogP contribution < -0.4 is 5.32 Å². The second-order valence-corrected chi connectivity index (χ2v) is 5.68. The molecule has 1 fully saturated rings. The highest BCUT2D eigenvalue weighted by molar-refractivity contribution is 5.92. The molecule has 0 aliphatic heterocycles. The Bertz CT molecular complexity index is 661. The van der Waals surface area contributed by atoms with E-state index in [1.807, 2.05) is 31.2 Å². The molecule has 1 amide bonds. The van der Waals surface area contributed by atoms with E-state index in [0.717, 1.165) is 29.7 Å². The van der Waals surface area contributed by atoms with Gasteiger partial charge in [0.25, 0.3) is 5.91 Å². The summed E-state index contributed by atoms with van der Waals surface area (Å²) in [5.74, 6) is 1.03. The summed E-state index contributed by atoms with van der Waals surface area (Å²) in [4.78, 5) is 12.1. The van der Waals surface area contributed by atoms with Crippen molar-refractivity contribution in [2.24, 2.45) is 0 Å². The fourth-order valence-corrected chi connectivity index (χ4v) is 2.50. The van der Waals surface area contributed by atoms with Crippen molar-refractivity contribution in [1.29, 1.82) is 0 Å². The van der Waals surface area contributed by atoms with E-state index in [1.165, 1.54) is 0 Å². The Hall–Kier alpha value is -2.14. The molecular formula is C17H20N2O3. The maximum atomic E-state index is 12.1. The monoisotopic (exact) mass is 300 g/mol. The number of hydrogen-bond acceptors (Lipinski definition) is 4. The lowest BCUT2D eigenvalue weighted by atomic mass is 10.0. The molecule has 5 nitrogen and oxygen atoms in total. The van der Waals surface area contributed by atoms with Gasteiger partial charge in [-0.05, 0) is 30.9 Å². The number of carbonyl (C=O) groups is 1. The molecule has 0 unspecified atom stereocenters. The largest absolute Gasteiger partial charge is 0.375 e. The first-order valence-electron chi connectivity index (χ1n) is 7.52. The van der Waals surface area contributed by atoms with E-state index in [0.29, 0.717) is 18.2 Å². The summed E-state index contributed by atoms with van der Waals surface area (Å²) in [5, 5.41) is 6.71. The van der Waals surface area contributed by atoms with Crippen LogP contribution in [0, 0.1) is 6.92 Å². The fraction of sp³-hybridized carbons (Fsp3) is 0.412. The molecule has 0 spiro atoms. The van der Waals surface area contributed by atoms with E-state index in [4.69, 9.17) is 9.26 Å². The normalized spacial score (nSPS) is 15.5. The minimum Gasteiger partial charge on any atom is -0.375 e. The lowest BCUT2D eigenvalue weighted by Crippen LogP contribution is -2.29. The van der Waals surface area contributed by atoms with Gasteiger partial charge in [0.2, 0.25) is 0 Å². The molecule has 5 heteroatoms. The van der Waals surface area contributed by atoms with Gasteiger partial charge < -0.3 is 14.6 Å². The van der Waals surface area contributed by atoms with Gasteiger partial charge in [0.1, 0.15) is 5.76 Å². The molecule has 3 rings (SSSR count). The van der Waals surface area contributed by atoms with Crippen molar-refractivity contribution in [2.45, 2.75) is 31.8 Å². The predicted octanol–water partition coefficient (Wildman–Crippen LogP) is 2.98. The Balaban J connectivity index is 1.62. The summed E-state index contributed by atoms with van der Waals surface area (Å²) in [6.45, 7) is 2.43. The molecule has 1 saturated carbocycles. The first kappa shape index (κ1) is 14.8. The summed E-state index contributed by atoms with van der Waals surface area (Å²) < 4.78 is 10.7. The Morgan fingerprint density at radius 2 is 2.23 bits per heavy atom. The lowest BCUT2D eigenvalue weighted by molar-refractivity contribution is 0.0819. The van der Waals surface area contributed by atoms with Crippen molar-refractivity contribution in [1.82, 2.24) is 10.5 Å². The topological polar surface area (TPSA) is 64.4 Å². The molecular weight excluding hydrogens is 280 g/mol. The molecule has 0 bridgehead atoms. The highest BCUT2D eigenvalue weighted by Crippen LogP contribution is 2.40. The first-order chi connectivity index (χ1) is 10.7. The third kappa shape index (κ3) is 3.20. The van der Waals surface area contributed by atoms with Crippen LogP contribution in [0.15, 0.2) is 34.9 Å². The van der Waals surface area contributed by atoms with Crippen molar-refractivity contribution in [3.8, 4) is 0 Å². The van der Waals surface area contributed by atoms with Crippen LogP contribution in [-0.2, 0) is 4.74 Å². The summed E-state index contributed by atoms with van der Waals surface area (Å²) in [6, 6.07) is 9.73. The molecule has 22 heavy (non-hydrogen) atoms. The van der Waals surface area contributed by atoms with Crippen molar-refractivity contribution < 1.29 is 14.1 Å². The molecule has 2 aromatic rings. The van der Waals surface area contributed by atoms with Crippen LogP contribution in [0.25, 0.3) is 0 Å². The van der Waals surface area contributed by atoms with Gasteiger partial charge in [-0.25, -0.2) is 0 Å². The molecule has 116 valence electrons. The van der Waals surface area contributed by atoms with Gasteiger partial charge in [0, 0.05) is 25.6 Å². The molecule has 1 aliphatic carbocycles. The zero-order chi connectivity index (χ0) is 15.5. The number of aromatic nitrogens is 1. The number of amides is 1. The maximum absolute atomic E-state index is 12.1. The van der Waals surface area contributed by atoms with Crippen LogP contribution in [0.1, 0.15) is 52.2 Å². The number of aryl methyl sites for hydroxylation is 1. The van der Waals surface area contributed by atoms with Gasteiger partial charge in [0.15, 0.2) is 5.69 Å². The summed E-state index contributed by atoms with van der Waals surface area (Å²) >= 11 is 0. The Morgan fingerprint density at radius 1 is 1.45 bits per heavy atom. The zero-order valence-electron chi connectivity index (χ0n) is 12.8. The van der Waals surface area contributed by atoms with Crippen LogP contribution in [-0.4, -0.2) is 24.7 Å². The van der Waals surface area contributed by atoms with E-state index in [-0.39, 0.29) is 12.0 Å². The van der Waals surface area contributed by atoms with Crippen molar-refractivity contribution in [2.75, 3.05) is 13.7 Å².